The smallest absolute Gasteiger partial charge is 0.181 e. The maximum Gasteiger partial charge on any atom is 0.181 e. The minimum absolute atomic E-state index is 0.101. The summed E-state index contributed by atoms with van der Waals surface area (Å²) in [5, 5.41) is 0.254. The number of hydrogen-bond donors (Lipinski definition) is 0. The van der Waals surface area contributed by atoms with E-state index in [4.69, 9.17) is 27.9 Å². The van der Waals surface area contributed by atoms with E-state index in [1.807, 2.05) is 0 Å². The standard InChI is InChI=1S/C7H7BrCl2F2N2O/c8-7-13-5(9)6(10)14(7)3-15-4(1-11)2-12/h4H,1-3H2. The zero-order chi connectivity index (χ0) is 11.4. The topological polar surface area (TPSA) is 27.1 Å². The molecule has 1 aromatic heterocycles. The number of ether oxygens (including phenoxy) is 1. The Labute approximate surface area is 103 Å². The maximum atomic E-state index is 12.1. The molecule has 15 heavy (non-hydrogen) atoms. The minimum atomic E-state index is -1.09. The normalized spacial score (nSPS) is 11.3. The van der Waals surface area contributed by atoms with Crippen LogP contribution in [0.2, 0.25) is 10.3 Å². The highest BCUT2D eigenvalue weighted by Crippen LogP contribution is 2.25. The quantitative estimate of drug-likeness (QED) is 0.831. The first-order chi connectivity index (χ1) is 7.10. The lowest BCUT2D eigenvalue weighted by molar-refractivity contribution is -0.0192. The van der Waals surface area contributed by atoms with E-state index in [1.165, 1.54) is 4.57 Å². The van der Waals surface area contributed by atoms with Crippen LogP contribution < -0.4 is 0 Å². The van der Waals surface area contributed by atoms with Gasteiger partial charge in [-0.15, -0.1) is 0 Å². The molecule has 0 atom stereocenters. The average molecular weight is 324 g/mol. The van der Waals surface area contributed by atoms with Gasteiger partial charge in [-0.2, -0.15) is 0 Å². The van der Waals surface area contributed by atoms with Gasteiger partial charge in [0, 0.05) is 0 Å². The molecule has 8 heteroatoms. The fourth-order valence-corrected chi connectivity index (χ4v) is 1.81. The van der Waals surface area contributed by atoms with Crippen LogP contribution in [0.1, 0.15) is 0 Å². The molecule has 0 aromatic carbocycles. The molecule has 0 fully saturated rings. The van der Waals surface area contributed by atoms with E-state index in [-0.39, 0.29) is 17.0 Å². The molecular formula is C7H7BrCl2F2N2O. The van der Waals surface area contributed by atoms with E-state index in [9.17, 15) is 8.78 Å². The van der Waals surface area contributed by atoms with Gasteiger partial charge in [0.25, 0.3) is 0 Å². The van der Waals surface area contributed by atoms with Crippen LogP contribution in [0.3, 0.4) is 0 Å². The average Bonchev–Trinajstić information content (AvgIpc) is 2.45. The molecular weight excluding hydrogens is 317 g/mol. The maximum absolute atomic E-state index is 12.1. The summed E-state index contributed by atoms with van der Waals surface area (Å²) in [5.41, 5.74) is 0. The van der Waals surface area contributed by atoms with Crippen molar-refractivity contribution in [3.8, 4) is 0 Å². The molecule has 1 aromatic rings. The summed E-state index contributed by atoms with van der Waals surface area (Å²) in [6, 6.07) is 0. The van der Waals surface area contributed by atoms with E-state index in [2.05, 4.69) is 20.9 Å². The monoisotopic (exact) mass is 322 g/mol. The molecule has 0 amide bonds. The number of alkyl halides is 2. The van der Waals surface area contributed by atoms with Crippen LogP contribution >= 0.6 is 39.1 Å². The Morgan fingerprint density at radius 2 is 2.00 bits per heavy atom. The Morgan fingerprint density at radius 1 is 1.40 bits per heavy atom. The summed E-state index contributed by atoms with van der Waals surface area (Å²) in [5.74, 6) is 0. The molecule has 0 N–H and O–H groups in total. The molecule has 1 heterocycles. The summed E-state index contributed by atoms with van der Waals surface area (Å²) in [6.07, 6.45) is -1.09. The number of aromatic nitrogens is 2. The predicted molar refractivity (Wildman–Crippen MR) is 56.8 cm³/mol. The molecule has 1 rings (SSSR count). The Hall–Kier alpha value is 0.0900. The van der Waals surface area contributed by atoms with Crippen molar-refractivity contribution in [2.75, 3.05) is 13.3 Å². The highest BCUT2D eigenvalue weighted by molar-refractivity contribution is 9.10. The van der Waals surface area contributed by atoms with Crippen molar-refractivity contribution in [3.05, 3.63) is 15.0 Å². The summed E-state index contributed by atoms with van der Waals surface area (Å²) >= 11 is 14.5. The number of nitrogens with zero attached hydrogens (tertiary/aromatic N) is 2. The second-order valence-electron chi connectivity index (χ2n) is 2.62. The van der Waals surface area contributed by atoms with Crippen molar-refractivity contribution in [2.24, 2.45) is 0 Å². The van der Waals surface area contributed by atoms with E-state index >= 15 is 0 Å². The Kier molecular flexibility index (Phi) is 5.25. The van der Waals surface area contributed by atoms with Crippen molar-refractivity contribution in [1.82, 2.24) is 9.55 Å². The Balaban J connectivity index is 2.64. The molecule has 0 aliphatic heterocycles. The van der Waals surface area contributed by atoms with Crippen molar-refractivity contribution in [3.63, 3.8) is 0 Å². The van der Waals surface area contributed by atoms with Crippen molar-refractivity contribution in [2.45, 2.75) is 12.8 Å². The van der Waals surface area contributed by atoms with Crippen LogP contribution in [0, 0.1) is 0 Å². The summed E-state index contributed by atoms with van der Waals surface area (Å²) < 4.78 is 30.8. The number of hydrogen-bond acceptors (Lipinski definition) is 2. The zero-order valence-corrected chi connectivity index (χ0v) is 10.5. The van der Waals surface area contributed by atoms with Crippen molar-refractivity contribution in [1.29, 1.82) is 0 Å². The third kappa shape index (κ3) is 3.27. The van der Waals surface area contributed by atoms with Gasteiger partial charge >= 0.3 is 0 Å². The van der Waals surface area contributed by atoms with Gasteiger partial charge in [0.05, 0.1) is 0 Å². The van der Waals surface area contributed by atoms with E-state index in [0.717, 1.165) is 0 Å². The van der Waals surface area contributed by atoms with Crippen molar-refractivity contribution < 1.29 is 13.5 Å². The van der Waals surface area contributed by atoms with Gasteiger partial charge in [-0.05, 0) is 15.9 Å². The predicted octanol–water partition coefficient (Wildman–Crippen LogP) is 3.23. The first-order valence-corrected chi connectivity index (χ1v) is 5.45. The SMILES string of the molecule is FCC(CF)OCn1c(Br)nc(Cl)c1Cl. The summed E-state index contributed by atoms with van der Waals surface area (Å²) in [7, 11) is 0. The van der Waals surface area contributed by atoms with Gasteiger partial charge in [-0.3, -0.25) is 4.57 Å². The molecule has 0 radical (unpaired) electrons. The van der Waals surface area contributed by atoms with E-state index in [0.29, 0.717) is 4.73 Å². The number of rotatable bonds is 5. The molecule has 0 unspecified atom stereocenters. The van der Waals surface area contributed by atoms with Crippen LogP contribution in [0.25, 0.3) is 0 Å². The van der Waals surface area contributed by atoms with E-state index < -0.39 is 19.5 Å². The highest BCUT2D eigenvalue weighted by atomic mass is 79.9. The van der Waals surface area contributed by atoms with Crippen molar-refractivity contribution >= 4 is 39.1 Å². The largest absolute Gasteiger partial charge is 0.352 e. The molecule has 0 saturated carbocycles. The third-order valence-electron chi connectivity index (χ3n) is 1.60. The van der Waals surface area contributed by atoms with Crippen LogP contribution in [0.4, 0.5) is 8.78 Å². The summed E-state index contributed by atoms with van der Waals surface area (Å²) in [4.78, 5) is 3.79. The molecule has 0 aliphatic rings. The van der Waals surface area contributed by atoms with Crippen LogP contribution in [0.15, 0.2) is 4.73 Å². The molecule has 86 valence electrons. The van der Waals surface area contributed by atoms with Gasteiger partial charge in [0.15, 0.2) is 15.0 Å². The second-order valence-corrected chi connectivity index (χ2v) is 4.04. The molecule has 3 nitrogen and oxygen atoms in total. The Bertz CT molecular complexity index is 333. The highest BCUT2D eigenvalue weighted by Gasteiger charge is 2.14. The zero-order valence-electron chi connectivity index (χ0n) is 7.39. The summed E-state index contributed by atoms with van der Waals surface area (Å²) in [6.45, 7) is -1.90. The van der Waals surface area contributed by atoms with Gasteiger partial charge in [0.2, 0.25) is 0 Å². The van der Waals surface area contributed by atoms with Crippen LogP contribution in [-0.2, 0) is 11.5 Å². The minimum Gasteiger partial charge on any atom is -0.352 e. The third-order valence-corrected chi connectivity index (χ3v) is 2.95. The fourth-order valence-electron chi connectivity index (χ4n) is 0.800. The van der Waals surface area contributed by atoms with Gasteiger partial charge in [-0.1, -0.05) is 23.2 Å². The van der Waals surface area contributed by atoms with Crippen LogP contribution in [-0.4, -0.2) is 29.0 Å². The lowest BCUT2D eigenvalue weighted by Gasteiger charge is -2.12. The lowest BCUT2D eigenvalue weighted by atomic mass is 10.4. The molecule has 0 bridgehead atoms. The van der Waals surface area contributed by atoms with E-state index in [1.54, 1.807) is 0 Å². The second kappa shape index (κ2) is 5.98. The molecule has 0 aliphatic carbocycles. The number of halogens is 5. The first-order valence-electron chi connectivity index (χ1n) is 3.90. The van der Waals surface area contributed by atoms with Gasteiger partial charge in [0.1, 0.15) is 26.2 Å². The molecule has 0 saturated heterocycles. The van der Waals surface area contributed by atoms with Gasteiger partial charge in [-0.25, -0.2) is 13.8 Å². The first kappa shape index (κ1) is 13.2. The van der Waals surface area contributed by atoms with Gasteiger partial charge < -0.3 is 4.74 Å². The lowest BCUT2D eigenvalue weighted by Crippen LogP contribution is -2.19. The van der Waals surface area contributed by atoms with Crippen LogP contribution in [0.5, 0.6) is 0 Å². The fraction of sp³-hybridized carbons (Fsp3) is 0.571. The Morgan fingerprint density at radius 3 is 2.40 bits per heavy atom. The molecule has 0 spiro atoms. The number of imidazole rings is 1.